The summed E-state index contributed by atoms with van der Waals surface area (Å²) in [6, 6.07) is 0. The summed E-state index contributed by atoms with van der Waals surface area (Å²) in [5.41, 5.74) is 0.454. The highest BCUT2D eigenvalue weighted by molar-refractivity contribution is 5.84. The molecule has 4 heteroatoms. The Morgan fingerprint density at radius 1 is 1.80 bits per heavy atom. The molecule has 0 amide bonds. The summed E-state index contributed by atoms with van der Waals surface area (Å²) in [4.78, 5) is 10.1. The van der Waals surface area contributed by atoms with E-state index in [1.54, 1.807) is 7.05 Å². The molecule has 0 radical (unpaired) electrons. The maximum absolute atomic E-state index is 10.1. The maximum Gasteiger partial charge on any atom is 0.307 e. The first-order chi connectivity index (χ1) is 4.70. The molecule has 0 aromatic heterocycles. The van der Waals surface area contributed by atoms with Crippen molar-refractivity contribution in [1.82, 2.24) is 5.32 Å². The fourth-order valence-corrected chi connectivity index (χ4v) is 0.504. The molecule has 0 aliphatic carbocycles. The molecule has 10 heavy (non-hydrogen) atoms. The molecule has 0 aliphatic rings. The Bertz CT molecular complexity index is 163. The molecule has 0 saturated heterocycles. The first kappa shape index (κ1) is 8.68. The molecule has 0 aliphatic heterocycles. The van der Waals surface area contributed by atoms with Crippen LogP contribution in [0.15, 0.2) is 11.8 Å². The van der Waals surface area contributed by atoms with E-state index in [9.17, 15) is 4.79 Å². The Morgan fingerprint density at radius 3 is 2.70 bits per heavy atom. The topological polar surface area (TPSA) is 73.2 Å². The van der Waals surface area contributed by atoms with Crippen LogP contribution in [-0.4, -0.2) is 24.3 Å². The van der Waals surface area contributed by atoms with Crippen LogP contribution in [0.1, 0.15) is 6.42 Å². The molecule has 0 unspecified atom stereocenters. The molecular formula is C6H10N2O2. The zero-order valence-corrected chi connectivity index (χ0v) is 5.72. The molecule has 0 fully saturated rings. The van der Waals surface area contributed by atoms with Gasteiger partial charge in [-0.15, -0.1) is 0 Å². The monoisotopic (exact) mass is 142 g/mol. The number of rotatable bonds is 4. The zero-order valence-electron chi connectivity index (χ0n) is 5.72. The number of hydrogen-bond donors (Lipinski definition) is 3. The van der Waals surface area contributed by atoms with Gasteiger partial charge in [0.15, 0.2) is 0 Å². The maximum atomic E-state index is 10.1. The molecule has 0 aromatic carbocycles. The molecule has 0 bridgehead atoms. The van der Waals surface area contributed by atoms with E-state index in [4.69, 9.17) is 10.5 Å². The zero-order chi connectivity index (χ0) is 7.98. The third-order valence-electron chi connectivity index (χ3n) is 0.870. The Morgan fingerprint density at radius 2 is 2.40 bits per heavy atom. The van der Waals surface area contributed by atoms with Gasteiger partial charge in [0.05, 0.1) is 6.42 Å². The molecule has 0 saturated carbocycles. The number of carbonyl (C=O) groups is 1. The summed E-state index contributed by atoms with van der Waals surface area (Å²) in [6.07, 6.45) is 2.40. The van der Waals surface area contributed by atoms with Gasteiger partial charge in [-0.05, 0) is 5.57 Å². The van der Waals surface area contributed by atoms with Gasteiger partial charge in [0.25, 0.3) is 0 Å². The van der Waals surface area contributed by atoms with Crippen molar-refractivity contribution in [3.63, 3.8) is 0 Å². The number of carboxylic acids is 1. The van der Waals surface area contributed by atoms with Crippen molar-refractivity contribution in [1.29, 1.82) is 5.41 Å². The third kappa shape index (κ3) is 3.65. The number of nitrogens with one attached hydrogen (secondary N) is 2. The Kier molecular flexibility index (Phi) is 3.95. The molecule has 0 rings (SSSR count). The number of carboxylic acid groups (broad SMARTS) is 1. The third-order valence-corrected chi connectivity index (χ3v) is 0.870. The van der Waals surface area contributed by atoms with Gasteiger partial charge < -0.3 is 15.8 Å². The van der Waals surface area contributed by atoms with E-state index >= 15 is 0 Å². The molecule has 0 heterocycles. The smallest absolute Gasteiger partial charge is 0.307 e. The van der Waals surface area contributed by atoms with E-state index in [2.05, 4.69) is 5.32 Å². The average Bonchev–Trinajstić information content (AvgIpc) is 1.86. The van der Waals surface area contributed by atoms with E-state index in [0.717, 1.165) is 6.21 Å². The van der Waals surface area contributed by atoms with Crippen LogP contribution < -0.4 is 5.32 Å². The summed E-state index contributed by atoms with van der Waals surface area (Å²) in [5, 5.41) is 17.7. The van der Waals surface area contributed by atoms with Gasteiger partial charge in [0.2, 0.25) is 0 Å². The van der Waals surface area contributed by atoms with Crippen molar-refractivity contribution < 1.29 is 9.90 Å². The lowest BCUT2D eigenvalue weighted by molar-refractivity contribution is -0.136. The van der Waals surface area contributed by atoms with E-state index in [1.807, 2.05) is 0 Å². The summed E-state index contributed by atoms with van der Waals surface area (Å²) in [5.74, 6) is -0.926. The lowest BCUT2D eigenvalue weighted by atomic mass is 10.2. The van der Waals surface area contributed by atoms with Crippen molar-refractivity contribution in [2.75, 3.05) is 7.05 Å². The average molecular weight is 142 g/mol. The van der Waals surface area contributed by atoms with Gasteiger partial charge in [-0.3, -0.25) is 4.79 Å². The highest BCUT2D eigenvalue weighted by atomic mass is 16.4. The van der Waals surface area contributed by atoms with Crippen LogP contribution in [0.4, 0.5) is 0 Å². The summed E-state index contributed by atoms with van der Waals surface area (Å²) in [7, 11) is 1.66. The SMILES string of the molecule is CN/C=C(\C=N)CC(=O)O. The first-order valence-corrected chi connectivity index (χ1v) is 2.79. The molecule has 3 N–H and O–H groups in total. The van der Waals surface area contributed by atoms with Crippen LogP contribution in [0.25, 0.3) is 0 Å². The Hall–Kier alpha value is -1.32. The Labute approximate surface area is 59.1 Å². The van der Waals surface area contributed by atoms with Crippen LogP contribution in [0.2, 0.25) is 0 Å². The van der Waals surface area contributed by atoms with Crippen molar-refractivity contribution in [3.8, 4) is 0 Å². The summed E-state index contributed by atoms with van der Waals surface area (Å²) in [6.45, 7) is 0. The molecule has 56 valence electrons. The van der Waals surface area contributed by atoms with Gasteiger partial charge >= 0.3 is 5.97 Å². The largest absolute Gasteiger partial charge is 0.481 e. The molecule has 4 nitrogen and oxygen atoms in total. The van der Waals surface area contributed by atoms with E-state index in [-0.39, 0.29) is 6.42 Å². The van der Waals surface area contributed by atoms with Gasteiger partial charge in [0, 0.05) is 19.5 Å². The molecule has 0 spiro atoms. The van der Waals surface area contributed by atoms with Crippen molar-refractivity contribution in [2.24, 2.45) is 0 Å². The lowest BCUT2D eigenvalue weighted by Crippen LogP contribution is -2.02. The highest BCUT2D eigenvalue weighted by Crippen LogP contribution is 1.94. The summed E-state index contributed by atoms with van der Waals surface area (Å²) < 4.78 is 0. The predicted octanol–water partition coefficient (Wildman–Crippen LogP) is 0.214. The van der Waals surface area contributed by atoms with Crippen LogP contribution in [0.5, 0.6) is 0 Å². The van der Waals surface area contributed by atoms with Crippen LogP contribution in [0, 0.1) is 5.41 Å². The second-order valence-electron chi connectivity index (χ2n) is 1.72. The Balaban J connectivity index is 3.95. The second-order valence-corrected chi connectivity index (χ2v) is 1.72. The van der Waals surface area contributed by atoms with Crippen molar-refractivity contribution in [2.45, 2.75) is 6.42 Å². The van der Waals surface area contributed by atoms with Gasteiger partial charge in [-0.2, -0.15) is 0 Å². The number of aliphatic carboxylic acids is 1. The normalized spacial score (nSPS) is 10.7. The molecular weight excluding hydrogens is 132 g/mol. The van der Waals surface area contributed by atoms with Crippen LogP contribution in [0.3, 0.4) is 0 Å². The van der Waals surface area contributed by atoms with E-state index in [0.29, 0.717) is 5.57 Å². The minimum Gasteiger partial charge on any atom is -0.481 e. The van der Waals surface area contributed by atoms with Crippen molar-refractivity contribution >= 4 is 12.2 Å². The van der Waals surface area contributed by atoms with Crippen molar-refractivity contribution in [3.05, 3.63) is 11.8 Å². The quantitative estimate of drug-likeness (QED) is 0.491. The number of hydrogen-bond acceptors (Lipinski definition) is 3. The summed E-state index contributed by atoms with van der Waals surface area (Å²) >= 11 is 0. The van der Waals surface area contributed by atoms with Gasteiger partial charge in [-0.1, -0.05) is 0 Å². The first-order valence-electron chi connectivity index (χ1n) is 2.79. The molecule has 0 atom stereocenters. The predicted molar refractivity (Wildman–Crippen MR) is 38.2 cm³/mol. The minimum atomic E-state index is -0.926. The molecule has 0 aromatic rings. The second kappa shape index (κ2) is 4.55. The van der Waals surface area contributed by atoms with E-state index in [1.165, 1.54) is 6.20 Å². The van der Waals surface area contributed by atoms with Crippen LogP contribution in [-0.2, 0) is 4.79 Å². The van der Waals surface area contributed by atoms with Gasteiger partial charge in [-0.25, -0.2) is 0 Å². The fraction of sp³-hybridized carbons (Fsp3) is 0.333. The fourth-order valence-electron chi connectivity index (χ4n) is 0.504. The standard InChI is InChI=1S/C6H10N2O2/c1-8-4-5(3-7)2-6(9)10/h3-4,7-8H,2H2,1H3,(H,9,10)/b5-4-,7-3?. The highest BCUT2D eigenvalue weighted by Gasteiger charge is 1.98. The van der Waals surface area contributed by atoms with Gasteiger partial charge in [0.1, 0.15) is 0 Å². The minimum absolute atomic E-state index is 0.107. The van der Waals surface area contributed by atoms with E-state index < -0.39 is 5.97 Å². The lowest BCUT2D eigenvalue weighted by Gasteiger charge is -1.94. The van der Waals surface area contributed by atoms with Crippen LogP contribution >= 0.6 is 0 Å².